The third-order valence-electron chi connectivity index (χ3n) is 3.21. The number of nitrogens with zero attached hydrogens (tertiary/aromatic N) is 3. The fraction of sp³-hybridized carbons (Fsp3) is 0.231. The zero-order valence-electron chi connectivity index (χ0n) is 11.6. The summed E-state index contributed by atoms with van der Waals surface area (Å²) in [5.74, 6) is 0.280. The van der Waals surface area contributed by atoms with Crippen molar-refractivity contribution in [3.63, 3.8) is 0 Å². The lowest BCUT2D eigenvalue weighted by molar-refractivity contribution is 0.390. The van der Waals surface area contributed by atoms with E-state index in [2.05, 4.69) is 15.0 Å². The van der Waals surface area contributed by atoms with Crippen molar-refractivity contribution in [1.29, 1.82) is 0 Å². The molecule has 0 bridgehead atoms. The SMILES string of the molecule is Cc1noc(C)c1S(=O)(=O)NCc1cccn2nccc12. The van der Waals surface area contributed by atoms with Crippen LogP contribution in [0.4, 0.5) is 0 Å². The maximum atomic E-state index is 12.3. The number of rotatable bonds is 4. The summed E-state index contributed by atoms with van der Waals surface area (Å²) in [6, 6.07) is 5.51. The lowest BCUT2D eigenvalue weighted by Gasteiger charge is -2.07. The summed E-state index contributed by atoms with van der Waals surface area (Å²) in [4.78, 5) is 0.1000. The average Bonchev–Trinajstić information content (AvgIpc) is 3.03. The Balaban J connectivity index is 1.89. The van der Waals surface area contributed by atoms with Gasteiger partial charge in [0.15, 0.2) is 5.76 Å². The quantitative estimate of drug-likeness (QED) is 0.787. The Hall–Kier alpha value is -2.19. The van der Waals surface area contributed by atoms with Crippen LogP contribution in [0.25, 0.3) is 5.52 Å². The first-order valence-electron chi connectivity index (χ1n) is 6.33. The number of pyridine rings is 1. The molecule has 3 aromatic heterocycles. The van der Waals surface area contributed by atoms with E-state index in [1.54, 1.807) is 24.6 Å². The molecule has 0 atom stereocenters. The molecule has 0 aliphatic rings. The van der Waals surface area contributed by atoms with E-state index < -0.39 is 10.0 Å². The average molecular weight is 306 g/mol. The molecule has 0 aromatic carbocycles. The molecule has 21 heavy (non-hydrogen) atoms. The summed E-state index contributed by atoms with van der Waals surface area (Å²) in [6.07, 6.45) is 3.48. The van der Waals surface area contributed by atoms with Crippen LogP contribution < -0.4 is 4.72 Å². The van der Waals surface area contributed by atoms with Crippen molar-refractivity contribution in [3.8, 4) is 0 Å². The predicted molar refractivity (Wildman–Crippen MR) is 75.2 cm³/mol. The molecule has 8 heteroatoms. The van der Waals surface area contributed by atoms with Gasteiger partial charge in [-0.15, -0.1) is 0 Å². The van der Waals surface area contributed by atoms with Gasteiger partial charge < -0.3 is 4.52 Å². The second-order valence-electron chi connectivity index (χ2n) is 4.67. The Labute approximate surface area is 121 Å². The van der Waals surface area contributed by atoms with Crippen LogP contribution in [-0.4, -0.2) is 23.2 Å². The molecule has 0 aliphatic carbocycles. The molecule has 7 nitrogen and oxygen atoms in total. The summed E-state index contributed by atoms with van der Waals surface area (Å²) in [7, 11) is -3.66. The topological polar surface area (TPSA) is 89.5 Å². The van der Waals surface area contributed by atoms with Gasteiger partial charge in [0.1, 0.15) is 10.6 Å². The van der Waals surface area contributed by atoms with Gasteiger partial charge in [0.05, 0.1) is 5.52 Å². The highest BCUT2D eigenvalue weighted by Crippen LogP contribution is 2.19. The summed E-state index contributed by atoms with van der Waals surface area (Å²) in [6.45, 7) is 3.34. The van der Waals surface area contributed by atoms with E-state index >= 15 is 0 Å². The largest absolute Gasteiger partial charge is 0.360 e. The first kappa shape index (κ1) is 13.8. The standard InChI is InChI=1S/C13H14N4O3S/c1-9-13(10(2)20-16-9)21(18,19)15-8-11-4-3-7-17-12(11)5-6-14-17/h3-7,15H,8H2,1-2H3. The zero-order valence-corrected chi connectivity index (χ0v) is 12.4. The van der Waals surface area contributed by atoms with Gasteiger partial charge in [0.25, 0.3) is 0 Å². The van der Waals surface area contributed by atoms with Gasteiger partial charge in [-0.3, -0.25) is 0 Å². The summed E-state index contributed by atoms with van der Waals surface area (Å²) < 4.78 is 33.9. The molecule has 3 aromatic rings. The fourth-order valence-electron chi connectivity index (χ4n) is 2.27. The van der Waals surface area contributed by atoms with E-state index in [1.807, 2.05) is 24.4 Å². The van der Waals surface area contributed by atoms with Crippen molar-refractivity contribution in [3.05, 3.63) is 47.6 Å². The predicted octanol–water partition coefficient (Wildman–Crippen LogP) is 1.42. The van der Waals surface area contributed by atoms with Crippen LogP contribution in [-0.2, 0) is 16.6 Å². The van der Waals surface area contributed by atoms with E-state index in [0.717, 1.165) is 11.1 Å². The third-order valence-corrected chi connectivity index (χ3v) is 4.86. The summed E-state index contributed by atoms with van der Waals surface area (Å²) in [5.41, 5.74) is 2.05. The number of hydrogen-bond donors (Lipinski definition) is 1. The van der Waals surface area contributed by atoms with E-state index in [4.69, 9.17) is 4.52 Å². The lowest BCUT2D eigenvalue weighted by Crippen LogP contribution is -2.24. The van der Waals surface area contributed by atoms with Gasteiger partial charge in [-0.25, -0.2) is 17.7 Å². The Morgan fingerprint density at radius 1 is 1.33 bits per heavy atom. The van der Waals surface area contributed by atoms with Gasteiger partial charge in [0, 0.05) is 18.9 Å². The van der Waals surface area contributed by atoms with E-state index in [-0.39, 0.29) is 17.2 Å². The highest BCUT2D eigenvalue weighted by atomic mass is 32.2. The molecule has 0 unspecified atom stereocenters. The van der Waals surface area contributed by atoms with Crippen LogP contribution in [0.3, 0.4) is 0 Å². The molecule has 0 aliphatic heterocycles. The van der Waals surface area contributed by atoms with Gasteiger partial charge in [-0.2, -0.15) is 5.10 Å². The molecular weight excluding hydrogens is 292 g/mol. The highest BCUT2D eigenvalue weighted by molar-refractivity contribution is 7.89. The van der Waals surface area contributed by atoms with Crippen LogP contribution in [0.2, 0.25) is 0 Å². The Kier molecular flexibility index (Phi) is 3.26. The van der Waals surface area contributed by atoms with Crippen LogP contribution in [0.15, 0.2) is 40.0 Å². The van der Waals surface area contributed by atoms with Gasteiger partial charge in [-0.05, 0) is 31.5 Å². The summed E-state index contributed by atoms with van der Waals surface area (Å²) >= 11 is 0. The molecule has 0 saturated carbocycles. The van der Waals surface area contributed by atoms with Gasteiger partial charge in [0.2, 0.25) is 10.0 Å². The van der Waals surface area contributed by atoms with Gasteiger partial charge in [-0.1, -0.05) is 11.2 Å². The number of sulfonamides is 1. The summed E-state index contributed by atoms with van der Waals surface area (Å²) in [5, 5.41) is 7.79. The molecule has 1 N–H and O–H groups in total. The molecular formula is C13H14N4O3S. The normalized spacial score (nSPS) is 12.1. The van der Waals surface area contributed by atoms with Crippen LogP contribution in [0, 0.1) is 13.8 Å². The molecule has 0 amide bonds. The minimum Gasteiger partial charge on any atom is -0.360 e. The van der Waals surface area contributed by atoms with E-state index in [0.29, 0.717) is 5.69 Å². The second kappa shape index (κ2) is 4.97. The number of aryl methyl sites for hydroxylation is 2. The number of aromatic nitrogens is 3. The van der Waals surface area contributed by atoms with Crippen LogP contribution in [0.5, 0.6) is 0 Å². The monoisotopic (exact) mass is 306 g/mol. The van der Waals surface area contributed by atoms with Gasteiger partial charge >= 0.3 is 0 Å². The van der Waals surface area contributed by atoms with Crippen molar-refractivity contribution in [1.82, 2.24) is 19.5 Å². The van der Waals surface area contributed by atoms with Crippen molar-refractivity contribution in [2.45, 2.75) is 25.3 Å². The molecule has 0 radical (unpaired) electrons. The third kappa shape index (κ3) is 2.43. The lowest BCUT2D eigenvalue weighted by atomic mass is 10.2. The molecule has 0 fully saturated rings. The van der Waals surface area contributed by atoms with Crippen LogP contribution in [0.1, 0.15) is 17.0 Å². The maximum Gasteiger partial charge on any atom is 0.246 e. The zero-order chi connectivity index (χ0) is 15.0. The van der Waals surface area contributed by atoms with E-state index in [1.165, 1.54) is 0 Å². The Morgan fingerprint density at radius 3 is 2.86 bits per heavy atom. The van der Waals surface area contributed by atoms with Crippen molar-refractivity contribution < 1.29 is 12.9 Å². The smallest absolute Gasteiger partial charge is 0.246 e. The second-order valence-corrected chi connectivity index (χ2v) is 6.38. The number of hydrogen-bond acceptors (Lipinski definition) is 5. The molecule has 3 heterocycles. The minimum absolute atomic E-state index is 0.1000. The van der Waals surface area contributed by atoms with E-state index in [9.17, 15) is 8.42 Å². The first-order chi connectivity index (χ1) is 9.99. The van der Waals surface area contributed by atoms with Crippen molar-refractivity contribution in [2.24, 2.45) is 0 Å². The maximum absolute atomic E-state index is 12.3. The molecule has 0 saturated heterocycles. The Bertz CT molecular complexity index is 876. The number of nitrogens with one attached hydrogen (secondary N) is 1. The number of fused-ring (bicyclic) bond motifs is 1. The van der Waals surface area contributed by atoms with Crippen LogP contribution >= 0.6 is 0 Å². The molecule has 110 valence electrons. The highest BCUT2D eigenvalue weighted by Gasteiger charge is 2.23. The molecule has 3 rings (SSSR count). The molecule has 0 spiro atoms. The van der Waals surface area contributed by atoms with Crippen molar-refractivity contribution in [2.75, 3.05) is 0 Å². The minimum atomic E-state index is -3.66. The Morgan fingerprint density at radius 2 is 2.14 bits per heavy atom. The fourth-order valence-corrected chi connectivity index (χ4v) is 3.60. The first-order valence-corrected chi connectivity index (χ1v) is 7.81. The van der Waals surface area contributed by atoms with Crippen molar-refractivity contribution >= 4 is 15.5 Å².